The summed E-state index contributed by atoms with van der Waals surface area (Å²) in [6.07, 6.45) is 1.70. The molecule has 1 heterocycles. The van der Waals surface area contributed by atoms with Gasteiger partial charge in [-0.05, 0) is 19.4 Å². The van der Waals surface area contributed by atoms with E-state index in [1.165, 1.54) is 4.68 Å². The fourth-order valence-electron chi connectivity index (χ4n) is 1.87. The molecule has 94 valence electrons. The molecule has 0 fully saturated rings. The molecule has 0 amide bonds. The van der Waals surface area contributed by atoms with Crippen LogP contribution in [0.4, 0.5) is 0 Å². The van der Waals surface area contributed by atoms with E-state index in [0.29, 0.717) is 12.2 Å². The van der Waals surface area contributed by atoms with Crippen LogP contribution in [0, 0.1) is 13.8 Å². The maximum atomic E-state index is 12.1. The second kappa shape index (κ2) is 5.10. The fourth-order valence-corrected chi connectivity index (χ4v) is 1.87. The van der Waals surface area contributed by atoms with Gasteiger partial charge in [0, 0.05) is 12.1 Å². The third-order valence-electron chi connectivity index (χ3n) is 2.78. The Morgan fingerprint density at radius 3 is 2.78 bits per heavy atom. The first-order valence-corrected chi connectivity index (χ1v) is 5.79. The van der Waals surface area contributed by atoms with Crippen LogP contribution >= 0.6 is 0 Å². The molecule has 18 heavy (non-hydrogen) atoms. The Morgan fingerprint density at radius 1 is 1.39 bits per heavy atom. The predicted molar refractivity (Wildman–Crippen MR) is 68.2 cm³/mol. The zero-order valence-electron chi connectivity index (χ0n) is 10.6. The number of ketones is 1. The van der Waals surface area contributed by atoms with Crippen molar-refractivity contribution in [2.45, 2.75) is 26.9 Å². The molecule has 2 aromatic rings. The summed E-state index contributed by atoms with van der Waals surface area (Å²) in [4.78, 5) is 12.1. The van der Waals surface area contributed by atoms with E-state index in [2.05, 4.69) is 10.3 Å². The van der Waals surface area contributed by atoms with Crippen LogP contribution in [0.15, 0.2) is 24.4 Å². The summed E-state index contributed by atoms with van der Waals surface area (Å²) in [6.45, 7) is 4.47. The van der Waals surface area contributed by atoms with Crippen molar-refractivity contribution in [2.24, 2.45) is 5.73 Å². The molecule has 0 radical (unpaired) electrons. The Labute approximate surface area is 106 Å². The molecule has 0 spiro atoms. The molecule has 0 aliphatic carbocycles. The maximum absolute atomic E-state index is 12.1. The van der Waals surface area contributed by atoms with Crippen molar-refractivity contribution in [1.29, 1.82) is 0 Å². The first-order valence-electron chi connectivity index (χ1n) is 5.79. The summed E-state index contributed by atoms with van der Waals surface area (Å²) in [5.41, 5.74) is 8.99. The van der Waals surface area contributed by atoms with Crippen LogP contribution in [0.25, 0.3) is 0 Å². The highest BCUT2D eigenvalue weighted by molar-refractivity contribution is 5.97. The number of aromatic nitrogens is 3. The lowest BCUT2D eigenvalue weighted by Gasteiger charge is -2.05. The van der Waals surface area contributed by atoms with Crippen LogP contribution in [0.2, 0.25) is 0 Å². The van der Waals surface area contributed by atoms with Gasteiger partial charge in [0.15, 0.2) is 5.78 Å². The minimum Gasteiger partial charge on any atom is -0.325 e. The highest BCUT2D eigenvalue weighted by Gasteiger charge is 2.11. The Hall–Kier alpha value is -2.01. The van der Waals surface area contributed by atoms with Crippen molar-refractivity contribution >= 4 is 5.78 Å². The van der Waals surface area contributed by atoms with E-state index in [-0.39, 0.29) is 12.3 Å². The number of Topliss-reactive ketones (excluding diaryl/α,β-unsaturated/α-hetero) is 1. The fraction of sp³-hybridized carbons (Fsp3) is 0.308. The van der Waals surface area contributed by atoms with Gasteiger partial charge in [0.2, 0.25) is 0 Å². The number of rotatable bonds is 4. The van der Waals surface area contributed by atoms with Gasteiger partial charge >= 0.3 is 0 Å². The largest absolute Gasteiger partial charge is 0.325 e. The summed E-state index contributed by atoms with van der Waals surface area (Å²) in [7, 11) is 0. The first-order chi connectivity index (χ1) is 8.60. The molecule has 5 heteroatoms. The van der Waals surface area contributed by atoms with E-state index < -0.39 is 0 Å². The molecule has 2 rings (SSSR count). The van der Waals surface area contributed by atoms with Crippen molar-refractivity contribution in [3.05, 3.63) is 46.8 Å². The number of nitrogens with two attached hydrogens (primary N) is 1. The van der Waals surface area contributed by atoms with Crippen molar-refractivity contribution in [2.75, 3.05) is 0 Å². The van der Waals surface area contributed by atoms with E-state index in [1.54, 1.807) is 6.20 Å². The molecule has 0 bridgehead atoms. The molecule has 2 N–H and O–H groups in total. The number of aryl methyl sites for hydroxylation is 2. The molecule has 0 saturated carbocycles. The zero-order chi connectivity index (χ0) is 13.1. The summed E-state index contributed by atoms with van der Waals surface area (Å²) < 4.78 is 1.52. The second-order valence-electron chi connectivity index (χ2n) is 4.35. The van der Waals surface area contributed by atoms with Crippen LogP contribution in [0.1, 0.15) is 27.2 Å². The van der Waals surface area contributed by atoms with Gasteiger partial charge in [0.25, 0.3) is 0 Å². The van der Waals surface area contributed by atoms with E-state index >= 15 is 0 Å². The number of hydrogen-bond donors (Lipinski definition) is 1. The predicted octanol–water partition coefficient (Wildman–Crippen LogP) is 1.24. The topological polar surface area (TPSA) is 73.8 Å². The van der Waals surface area contributed by atoms with Crippen LogP contribution in [0.3, 0.4) is 0 Å². The lowest BCUT2D eigenvalue weighted by Crippen LogP contribution is -2.12. The number of benzene rings is 1. The first kappa shape index (κ1) is 12.4. The summed E-state index contributed by atoms with van der Waals surface area (Å²) in [5.74, 6) is 0.0287. The summed E-state index contributed by atoms with van der Waals surface area (Å²) >= 11 is 0. The lowest BCUT2D eigenvalue weighted by atomic mass is 10.0. The average Bonchev–Trinajstić information content (AvgIpc) is 2.76. The lowest BCUT2D eigenvalue weighted by molar-refractivity contribution is 0.0966. The van der Waals surface area contributed by atoms with Crippen molar-refractivity contribution in [3.63, 3.8) is 0 Å². The van der Waals surface area contributed by atoms with E-state index in [4.69, 9.17) is 5.73 Å². The van der Waals surface area contributed by atoms with Crippen molar-refractivity contribution in [1.82, 2.24) is 15.0 Å². The quantitative estimate of drug-likeness (QED) is 0.821. The third-order valence-corrected chi connectivity index (χ3v) is 2.78. The molecule has 5 nitrogen and oxygen atoms in total. The number of nitrogens with zero attached hydrogens (tertiary/aromatic N) is 3. The Kier molecular flexibility index (Phi) is 3.53. The number of carbonyl (C=O) groups excluding carboxylic acids is 1. The smallest absolute Gasteiger partial charge is 0.184 e. The SMILES string of the molecule is Cc1ccc(C(=O)Cn2cc(CN)nn2)c(C)c1. The van der Waals surface area contributed by atoms with E-state index in [1.807, 2.05) is 32.0 Å². The molecule has 0 atom stereocenters. The number of carbonyl (C=O) groups is 1. The van der Waals surface area contributed by atoms with Gasteiger partial charge in [0.1, 0.15) is 6.54 Å². The molecular formula is C13H16N4O. The zero-order valence-corrected chi connectivity index (χ0v) is 10.6. The average molecular weight is 244 g/mol. The molecule has 0 aliphatic heterocycles. The highest BCUT2D eigenvalue weighted by atomic mass is 16.1. The standard InChI is InChI=1S/C13H16N4O/c1-9-3-4-12(10(2)5-9)13(18)8-17-7-11(6-14)15-16-17/h3-5,7H,6,8,14H2,1-2H3. The molecule has 0 aliphatic rings. The van der Waals surface area contributed by atoms with Gasteiger partial charge in [-0.25, -0.2) is 4.68 Å². The molecule has 1 aromatic carbocycles. The third kappa shape index (κ3) is 2.62. The molecule has 0 unspecified atom stereocenters. The van der Waals surface area contributed by atoms with Crippen LogP contribution < -0.4 is 5.73 Å². The van der Waals surface area contributed by atoms with Gasteiger partial charge in [-0.15, -0.1) is 5.10 Å². The minimum atomic E-state index is 0.0287. The van der Waals surface area contributed by atoms with Gasteiger partial charge in [-0.2, -0.15) is 0 Å². The summed E-state index contributed by atoms with van der Waals surface area (Å²) in [6, 6.07) is 5.79. The number of hydrogen-bond acceptors (Lipinski definition) is 4. The maximum Gasteiger partial charge on any atom is 0.184 e. The van der Waals surface area contributed by atoms with Gasteiger partial charge in [0.05, 0.1) is 11.9 Å². The monoisotopic (exact) mass is 244 g/mol. The normalized spacial score (nSPS) is 10.6. The van der Waals surface area contributed by atoms with Gasteiger partial charge in [-0.3, -0.25) is 4.79 Å². The summed E-state index contributed by atoms with van der Waals surface area (Å²) in [5, 5.41) is 7.72. The molecular weight excluding hydrogens is 228 g/mol. The van der Waals surface area contributed by atoms with E-state index in [0.717, 1.165) is 16.7 Å². The van der Waals surface area contributed by atoms with Crippen LogP contribution in [0.5, 0.6) is 0 Å². The Bertz CT molecular complexity index is 574. The molecule has 0 saturated heterocycles. The minimum absolute atomic E-state index is 0.0287. The van der Waals surface area contributed by atoms with Gasteiger partial charge < -0.3 is 5.73 Å². The Balaban J connectivity index is 2.16. The van der Waals surface area contributed by atoms with Gasteiger partial charge in [-0.1, -0.05) is 29.0 Å². The van der Waals surface area contributed by atoms with Crippen molar-refractivity contribution < 1.29 is 4.79 Å². The van der Waals surface area contributed by atoms with Crippen LogP contribution in [-0.2, 0) is 13.1 Å². The van der Waals surface area contributed by atoms with E-state index in [9.17, 15) is 4.79 Å². The van der Waals surface area contributed by atoms with Crippen LogP contribution in [-0.4, -0.2) is 20.8 Å². The van der Waals surface area contributed by atoms with Crippen molar-refractivity contribution in [3.8, 4) is 0 Å². The second-order valence-corrected chi connectivity index (χ2v) is 4.35. The molecule has 1 aromatic heterocycles. The Morgan fingerprint density at radius 2 is 2.17 bits per heavy atom. The highest BCUT2D eigenvalue weighted by Crippen LogP contribution is 2.12.